The Balaban J connectivity index is 1.47. The van der Waals surface area contributed by atoms with Crippen LogP contribution in [0.1, 0.15) is 24.8 Å². The molecule has 1 aliphatic heterocycles. The Labute approximate surface area is 140 Å². The van der Waals surface area contributed by atoms with Crippen LogP contribution >= 0.6 is 0 Å². The van der Waals surface area contributed by atoms with Crippen LogP contribution < -0.4 is 26.4 Å². The van der Waals surface area contributed by atoms with Crippen molar-refractivity contribution in [2.24, 2.45) is 0 Å². The molecule has 3 rings (SSSR count). The first-order valence-electron chi connectivity index (χ1n) is 8.29. The number of anilines is 2. The molecule has 1 aliphatic rings. The minimum Gasteiger partial charge on any atom is -0.379 e. The zero-order chi connectivity index (χ0) is 16.9. The quantitative estimate of drug-likeness (QED) is 0.742. The fourth-order valence-corrected chi connectivity index (χ4v) is 2.97. The van der Waals surface area contributed by atoms with Crippen LogP contribution in [0.4, 0.5) is 11.4 Å². The van der Waals surface area contributed by atoms with Crippen LogP contribution in [0, 0.1) is 0 Å². The lowest BCUT2D eigenvalue weighted by atomic mass is 10.1. The second-order valence-corrected chi connectivity index (χ2v) is 6.02. The van der Waals surface area contributed by atoms with E-state index in [0.29, 0.717) is 24.5 Å². The topological polar surface area (TPSA) is 78.5 Å². The van der Waals surface area contributed by atoms with Gasteiger partial charge >= 0.3 is 0 Å². The normalized spacial score (nSPS) is 14.1. The molecule has 1 heterocycles. The summed E-state index contributed by atoms with van der Waals surface area (Å²) in [5, 5.41) is 5.80. The highest BCUT2D eigenvalue weighted by Crippen LogP contribution is 2.23. The zero-order valence-electron chi connectivity index (χ0n) is 13.5. The molecule has 0 aliphatic carbocycles. The van der Waals surface area contributed by atoms with Gasteiger partial charge in [-0.15, -0.1) is 0 Å². The van der Waals surface area contributed by atoms with Gasteiger partial charge in [0.25, 0.3) is 10.9 Å². The Morgan fingerprint density at radius 2 is 1.75 bits per heavy atom. The van der Waals surface area contributed by atoms with Crippen molar-refractivity contribution in [2.75, 3.05) is 29.9 Å². The first-order valence-corrected chi connectivity index (χ1v) is 8.29. The van der Waals surface area contributed by atoms with E-state index in [9.17, 15) is 14.4 Å². The average molecular weight is 327 g/mol. The van der Waals surface area contributed by atoms with E-state index in [2.05, 4.69) is 10.6 Å². The van der Waals surface area contributed by atoms with Crippen LogP contribution in [0.2, 0.25) is 0 Å². The van der Waals surface area contributed by atoms with Crippen molar-refractivity contribution in [3.8, 4) is 0 Å². The van der Waals surface area contributed by atoms with Crippen LogP contribution in [0.5, 0.6) is 0 Å². The summed E-state index contributed by atoms with van der Waals surface area (Å²) in [7, 11) is 0. The van der Waals surface area contributed by atoms with Crippen LogP contribution in [-0.2, 0) is 11.3 Å². The van der Waals surface area contributed by atoms with Gasteiger partial charge in [0, 0.05) is 32.6 Å². The third-order valence-electron chi connectivity index (χ3n) is 4.29. The van der Waals surface area contributed by atoms with E-state index in [1.165, 1.54) is 0 Å². The van der Waals surface area contributed by atoms with Crippen molar-refractivity contribution in [3.05, 3.63) is 56.3 Å². The van der Waals surface area contributed by atoms with Gasteiger partial charge in [0.05, 0.1) is 0 Å². The maximum atomic E-state index is 11.9. The fourth-order valence-electron chi connectivity index (χ4n) is 2.97. The minimum absolute atomic E-state index is 0.0900. The Bertz CT molecular complexity index is 773. The number of nitrogens with one attached hydrogen (secondary N) is 2. The molecule has 0 atom stereocenters. The molecule has 0 spiro atoms. The molecule has 24 heavy (non-hydrogen) atoms. The Hall–Kier alpha value is -2.63. The number of benzene rings is 1. The maximum Gasteiger partial charge on any atom is 0.253 e. The van der Waals surface area contributed by atoms with E-state index >= 15 is 0 Å². The van der Waals surface area contributed by atoms with E-state index in [0.717, 1.165) is 31.5 Å². The zero-order valence-corrected chi connectivity index (χ0v) is 13.5. The molecule has 0 aromatic heterocycles. The van der Waals surface area contributed by atoms with Gasteiger partial charge in [0.2, 0.25) is 5.91 Å². The van der Waals surface area contributed by atoms with Crippen molar-refractivity contribution >= 4 is 17.3 Å². The molecule has 1 amide bonds. The summed E-state index contributed by atoms with van der Waals surface area (Å²) < 4.78 is 0. The van der Waals surface area contributed by atoms with Gasteiger partial charge in [-0.25, -0.2) is 0 Å². The van der Waals surface area contributed by atoms with Crippen molar-refractivity contribution in [2.45, 2.75) is 25.8 Å². The van der Waals surface area contributed by atoms with Gasteiger partial charge in [0.15, 0.2) is 0 Å². The molecule has 2 aromatic carbocycles. The lowest BCUT2D eigenvalue weighted by Gasteiger charge is -2.22. The van der Waals surface area contributed by atoms with Gasteiger partial charge in [-0.1, -0.05) is 30.3 Å². The minimum atomic E-state index is -0.471. The predicted octanol–water partition coefficient (Wildman–Crippen LogP) is 1.00. The van der Waals surface area contributed by atoms with E-state index in [1.54, 1.807) is 0 Å². The third kappa shape index (κ3) is 3.48. The molecule has 1 fully saturated rings. The van der Waals surface area contributed by atoms with Gasteiger partial charge in [-0.05, 0) is 18.4 Å². The second kappa shape index (κ2) is 7.29. The van der Waals surface area contributed by atoms with Gasteiger partial charge in [-0.2, -0.15) is 0 Å². The molecule has 0 unspecified atom stereocenters. The van der Waals surface area contributed by atoms with Crippen molar-refractivity contribution in [3.63, 3.8) is 0 Å². The Morgan fingerprint density at radius 1 is 1.04 bits per heavy atom. The molecular weight excluding hydrogens is 306 g/mol. The molecule has 6 heteroatoms. The molecular formula is C18H21N3O3. The summed E-state index contributed by atoms with van der Waals surface area (Å²) in [5.41, 5.74) is 1.03. The van der Waals surface area contributed by atoms with E-state index in [-0.39, 0.29) is 12.3 Å². The first kappa shape index (κ1) is 16.2. The molecule has 0 bridgehead atoms. The lowest BCUT2D eigenvalue weighted by molar-refractivity contribution is -0.121. The maximum absolute atomic E-state index is 11.9. The third-order valence-corrected chi connectivity index (χ3v) is 4.29. The smallest absolute Gasteiger partial charge is 0.253 e. The van der Waals surface area contributed by atoms with Gasteiger partial charge in [-0.3, -0.25) is 14.4 Å². The molecule has 6 nitrogen and oxygen atoms in total. The number of rotatable bonds is 7. The number of hydrogen-bond donors (Lipinski definition) is 2. The Kier molecular flexibility index (Phi) is 4.93. The molecule has 0 radical (unpaired) electrons. The van der Waals surface area contributed by atoms with Crippen LogP contribution in [0.3, 0.4) is 0 Å². The highest BCUT2D eigenvalue weighted by Gasteiger charge is 2.27. The van der Waals surface area contributed by atoms with E-state index in [4.69, 9.17) is 0 Å². The Morgan fingerprint density at radius 3 is 2.46 bits per heavy atom. The number of carbonyl (C=O) groups excluding carboxylic acids is 1. The van der Waals surface area contributed by atoms with Crippen molar-refractivity contribution in [1.82, 2.24) is 5.32 Å². The molecule has 2 N–H and O–H groups in total. The van der Waals surface area contributed by atoms with Crippen LogP contribution in [0.15, 0.2) is 39.9 Å². The lowest BCUT2D eigenvalue weighted by Crippen LogP contribution is -2.42. The van der Waals surface area contributed by atoms with E-state index in [1.807, 2.05) is 35.2 Å². The number of nitrogens with zero attached hydrogens (tertiary/aromatic N) is 1. The predicted molar refractivity (Wildman–Crippen MR) is 94.2 cm³/mol. The summed E-state index contributed by atoms with van der Waals surface area (Å²) in [6.07, 6.45) is 2.34. The molecule has 126 valence electrons. The van der Waals surface area contributed by atoms with Gasteiger partial charge in [0.1, 0.15) is 11.4 Å². The monoisotopic (exact) mass is 327 g/mol. The van der Waals surface area contributed by atoms with E-state index < -0.39 is 10.9 Å². The largest absolute Gasteiger partial charge is 0.379 e. The standard InChI is InChI=1S/C18H21N3O3/c22-14(20-12-13-6-2-1-3-7-13)8-9-19-15-16(18(24)17(15)23)21-10-4-5-11-21/h1-3,6-7,19H,4-5,8-12H2,(H,20,22). The number of amides is 1. The second-order valence-electron chi connectivity index (χ2n) is 6.02. The van der Waals surface area contributed by atoms with Crippen molar-refractivity contribution in [1.29, 1.82) is 0 Å². The van der Waals surface area contributed by atoms with Crippen LogP contribution in [0.25, 0.3) is 0 Å². The summed E-state index contributed by atoms with van der Waals surface area (Å²) >= 11 is 0. The van der Waals surface area contributed by atoms with Crippen LogP contribution in [-0.4, -0.2) is 25.5 Å². The molecule has 0 saturated carbocycles. The van der Waals surface area contributed by atoms with Gasteiger partial charge < -0.3 is 15.5 Å². The number of carbonyl (C=O) groups is 1. The summed E-state index contributed by atoms with van der Waals surface area (Å²) in [6.45, 7) is 2.46. The highest BCUT2D eigenvalue weighted by atomic mass is 16.2. The molecule has 2 aromatic rings. The summed E-state index contributed by atoms with van der Waals surface area (Å²) in [5.74, 6) is -0.0900. The number of hydrogen-bond acceptors (Lipinski definition) is 5. The first-order chi connectivity index (χ1) is 11.7. The summed E-state index contributed by atoms with van der Waals surface area (Å²) in [6, 6.07) is 9.68. The van der Waals surface area contributed by atoms with Crippen molar-refractivity contribution < 1.29 is 4.79 Å². The average Bonchev–Trinajstić information content (AvgIpc) is 3.13. The fraction of sp³-hybridized carbons (Fsp3) is 0.389. The molecule has 1 saturated heterocycles. The SMILES string of the molecule is O=C(CCNc1c(N2CCCC2)c(=O)c1=O)NCc1ccccc1. The summed E-state index contributed by atoms with van der Waals surface area (Å²) in [4.78, 5) is 37.3. The highest BCUT2D eigenvalue weighted by molar-refractivity contribution is 5.78.